The van der Waals surface area contributed by atoms with Gasteiger partial charge in [-0.05, 0) is 30.7 Å². The number of nitrogens with zero attached hydrogens (tertiary/aromatic N) is 2. The molecular formula is C18H16N2O5. The minimum Gasteiger partial charge on any atom is -0.468 e. The Morgan fingerprint density at radius 2 is 1.72 bits per heavy atom. The van der Waals surface area contributed by atoms with Crippen molar-refractivity contribution in [1.82, 2.24) is 9.80 Å². The third kappa shape index (κ3) is 2.73. The van der Waals surface area contributed by atoms with E-state index in [1.165, 1.54) is 13.3 Å². The molecule has 1 atom stereocenters. The van der Waals surface area contributed by atoms with Crippen molar-refractivity contribution in [2.75, 3.05) is 13.7 Å². The van der Waals surface area contributed by atoms with Crippen LogP contribution < -0.4 is 0 Å². The predicted octanol–water partition coefficient (Wildman–Crippen LogP) is 1.13. The lowest BCUT2D eigenvalue weighted by Crippen LogP contribution is -2.50. The first kappa shape index (κ1) is 16.6. The maximum Gasteiger partial charge on any atom is 0.325 e. The van der Waals surface area contributed by atoms with Crippen LogP contribution in [0.1, 0.15) is 27.6 Å². The van der Waals surface area contributed by atoms with Crippen LogP contribution in [0, 0.1) is 0 Å². The fourth-order valence-corrected chi connectivity index (χ4v) is 2.91. The molecule has 1 aromatic rings. The van der Waals surface area contributed by atoms with Gasteiger partial charge in [-0.15, -0.1) is 0 Å². The van der Waals surface area contributed by atoms with Crippen molar-refractivity contribution < 1.29 is 23.9 Å². The average Bonchev–Trinajstić information content (AvgIpc) is 2.77. The van der Waals surface area contributed by atoms with Crippen LogP contribution in [0.4, 0.5) is 0 Å². The average molecular weight is 340 g/mol. The number of hydrogen-bond donors (Lipinski definition) is 0. The Hall–Kier alpha value is -3.22. The van der Waals surface area contributed by atoms with Crippen LogP contribution in [0.25, 0.3) is 0 Å². The molecule has 7 heteroatoms. The molecule has 0 saturated heterocycles. The molecule has 1 aromatic carbocycles. The predicted molar refractivity (Wildman–Crippen MR) is 87.4 cm³/mol. The molecule has 2 heterocycles. The minimum atomic E-state index is -1.10. The van der Waals surface area contributed by atoms with Crippen molar-refractivity contribution in [3.8, 4) is 0 Å². The van der Waals surface area contributed by atoms with Gasteiger partial charge in [0.25, 0.3) is 17.7 Å². The van der Waals surface area contributed by atoms with Gasteiger partial charge in [0, 0.05) is 6.20 Å². The third-order valence-electron chi connectivity index (χ3n) is 4.18. The van der Waals surface area contributed by atoms with E-state index in [2.05, 4.69) is 4.74 Å². The number of ether oxygens (including phenoxy) is 1. The van der Waals surface area contributed by atoms with Crippen molar-refractivity contribution in [3.05, 3.63) is 59.3 Å². The summed E-state index contributed by atoms with van der Waals surface area (Å²) in [6.45, 7) is 1.37. The maximum atomic E-state index is 12.9. The molecule has 0 aliphatic carbocycles. The highest BCUT2D eigenvalue weighted by molar-refractivity contribution is 6.23. The number of imide groups is 1. The molecule has 3 rings (SSSR count). The quantitative estimate of drug-likeness (QED) is 0.608. The van der Waals surface area contributed by atoms with Crippen LogP contribution in [0.3, 0.4) is 0 Å². The Morgan fingerprint density at radius 1 is 1.12 bits per heavy atom. The fourth-order valence-electron chi connectivity index (χ4n) is 2.91. The lowest BCUT2D eigenvalue weighted by Gasteiger charge is -2.28. The van der Waals surface area contributed by atoms with Gasteiger partial charge in [0.1, 0.15) is 12.6 Å². The van der Waals surface area contributed by atoms with Crippen molar-refractivity contribution in [2.24, 2.45) is 0 Å². The summed E-state index contributed by atoms with van der Waals surface area (Å²) < 4.78 is 4.59. The Kier molecular flexibility index (Phi) is 4.22. The molecule has 0 aromatic heterocycles. The van der Waals surface area contributed by atoms with E-state index >= 15 is 0 Å². The van der Waals surface area contributed by atoms with Crippen molar-refractivity contribution in [3.63, 3.8) is 0 Å². The second-order valence-electron chi connectivity index (χ2n) is 5.72. The molecule has 0 N–H and O–H groups in total. The number of benzene rings is 1. The number of carbonyl (C=O) groups excluding carboxylic acids is 4. The van der Waals surface area contributed by atoms with Gasteiger partial charge in [0.2, 0.25) is 0 Å². The SMILES string of the molecule is COC(=O)CN1C=CC=C(C)C(N2C(=O)c3ccccc3C2=O)C1=O. The van der Waals surface area contributed by atoms with Gasteiger partial charge in [-0.1, -0.05) is 18.2 Å². The van der Waals surface area contributed by atoms with E-state index in [0.29, 0.717) is 5.57 Å². The van der Waals surface area contributed by atoms with Crippen LogP contribution in [-0.4, -0.2) is 53.2 Å². The molecular weight excluding hydrogens is 324 g/mol. The third-order valence-corrected chi connectivity index (χ3v) is 4.18. The zero-order chi connectivity index (χ0) is 18.1. The van der Waals surface area contributed by atoms with E-state index in [1.54, 1.807) is 43.3 Å². The molecule has 7 nitrogen and oxygen atoms in total. The lowest BCUT2D eigenvalue weighted by molar-refractivity contribution is -0.146. The van der Waals surface area contributed by atoms with Crippen LogP contribution in [-0.2, 0) is 14.3 Å². The molecule has 1 unspecified atom stereocenters. The van der Waals surface area contributed by atoms with Crippen LogP contribution >= 0.6 is 0 Å². The number of methoxy groups -OCH3 is 1. The molecule has 3 amide bonds. The molecule has 0 bridgehead atoms. The van der Waals surface area contributed by atoms with Gasteiger partial charge in [-0.2, -0.15) is 0 Å². The van der Waals surface area contributed by atoms with Crippen molar-refractivity contribution >= 4 is 23.7 Å². The molecule has 0 fully saturated rings. The van der Waals surface area contributed by atoms with Gasteiger partial charge in [-0.3, -0.25) is 24.1 Å². The van der Waals surface area contributed by atoms with E-state index in [9.17, 15) is 19.2 Å². The highest BCUT2D eigenvalue weighted by Gasteiger charge is 2.44. The van der Waals surface area contributed by atoms with E-state index in [1.807, 2.05) is 0 Å². The van der Waals surface area contributed by atoms with E-state index in [4.69, 9.17) is 0 Å². The largest absolute Gasteiger partial charge is 0.468 e. The van der Waals surface area contributed by atoms with Crippen LogP contribution in [0.5, 0.6) is 0 Å². The minimum absolute atomic E-state index is 0.268. The summed E-state index contributed by atoms with van der Waals surface area (Å²) in [5.74, 6) is -2.18. The molecule has 25 heavy (non-hydrogen) atoms. The lowest BCUT2D eigenvalue weighted by atomic mass is 10.1. The van der Waals surface area contributed by atoms with Gasteiger partial charge >= 0.3 is 5.97 Å². The Bertz CT molecular complexity index is 805. The number of rotatable bonds is 3. The zero-order valence-corrected chi connectivity index (χ0v) is 13.8. The summed E-state index contributed by atoms with van der Waals surface area (Å²) in [6.07, 6.45) is 4.67. The zero-order valence-electron chi connectivity index (χ0n) is 13.8. The van der Waals surface area contributed by atoms with Gasteiger partial charge < -0.3 is 9.64 Å². The van der Waals surface area contributed by atoms with Crippen molar-refractivity contribution in [1.29, 1.82) is 0 Å². The molecule has 0 spiro atoms. The molecule has 2 aliphatic rings. The number of fused-ring (bicyclic) bond motifs is 1. The second kappa shape index (κ2) is 6.35. The Morgan fingerprint density at radius 3 is 2.28 bits per heavy atom. The van der Waals surface area contributed by atoms with Crippen LogP contribution in [0.15, 0.2) is 48.2 Å². The van der Waals surface area contributed by atoms with Crippen molar-refractivity contribution in [2.45, 2.75) is 13.0 Å². The molecule has 0 saturated carbocycles. The first-order valence-electron chi connectivity index (χ1n) is 7.65. The molecule has 2 aliphatic heterocycles. The fraction of sp³-hybridized carbons (Fsp3) is 0.222. The van der Waals surface area contributed by atoms with E-state index < -0.39 is 29.7 Å². The van der Waals surface area contributed by atoms with Gasteiger partial charge in [0.05, 0.1) is 18.2 Å². The second-order valence-corrected chi connectivity index (χ2v) is 5.72. The van der Waals surface area contributed by atoms with E-state index in [-0.39, 0.29) is 17.7 Å². The standard InChI is InChI=1S/C18H16N2O5/c1-11-6-5-9-19(10-14(21)25-2)18(24)15(11)20-16(22)12-7-3-4-8-13(12)17(20)23/h3-9,15H,10H2,1-2H3. The maximum absolute atomic E-state index is 12.9. The first-order chi connectivity index (χ1) is 12.0. The normalized spacial score (nSPS) is 19.7. The van der Waals surface area contributed by atoms with E-state index in [0.717, 1.165) is 9.80 Å². The highest BCUT2D eigenvalue weighted by atomic mass is 16.5. The number of amides is 3. The molecule has 128 valence electrons. The monoisotopic (exact) mass is 340 g/mol. The topological polar surface area (TPSA) is 84.0 Å². The first-order valence-corrected chi connectivity index (χ1v) is 7.65. The Balaban J connectivity index is 1.98. The summed E-state index contributed by atoms with van der Waals surface area (Å²) in [5.41, 5.74) is 1.07. The number of allylic oxidation sites excluding steroid dienone is 2. The summed E-state index contributed by atoms with van der Waals surface area (Å²) in [4.78, 5) is 51.9. The van der Waals surface area contributed by atoms with Gasteiger partial charge in [-0.25, -0.2) is 0 Å². The number of esters is 1. The smallest absolute Gasteiger partial charge is 0.325 e. The Labute approximate surface area is 144 Å². The van der Waals surface area contributed by atoms with Gasteiger partial charge in [0.15, 0.2) is 0 Å². The molecule has 0 radical (unpaired) electrons. The summed E-state index contributed by atoms with van der Waals surface area (Å²) in [7, 11) is 1.22. The summed E-state index contributed by atoms with van der Waals surface area (Å²) in [6, 6.07) is 5.33. The summed E-state index contributed by atoms with van der Waals surface area (Å²) >= 11 is 0. The number of carbonyl (C=O) groups is 4. The number of hydrogen-bond acceptors (Lipinski definition) is 5. The highest BCUT2D eigenvalue weighted by Crippen LogP contribution is 2.28. The van der Waals surface area contributed by atoms with Crippen LogP contribution in [0.2, 0.25) is 0 Å². The summed E-state index contributed by atoms with van der Waals surface area (Å²) in [5, 5.41) is 0.